The summed E-state index contributed by atoms with van der Waals surface area (Å²) in [7, 11) is 1.48. The van der Waals surface area contributed by atoms with Gasteiger partial charge in [-0.25, -0.2) is 4.79 Å². The molecule has 2 aliphatic rings. The molecule has 14 heteroatoms. The number of nitriles is 1. The first-order valence-electron chi connectivity index (χ1n) is 18.5. The zero-order valence-corrected chi connectivity index (χ0v) is 32.2. The van der Waals surface area contributed by atoms with E-state index in [0.717, 1.165) is 38.9 Å². The molecule has 5 rings (SSSR count). The SMILES string of the molecule is C=C1CCC(N2C(=O)c3ccc(NC(=O)OCCCOc4c(C#N)cc(C(C)(C)c5ccc(OCCCC(=C)NN(C)O)cc5)cc4CC)cc3C2=O)C(=O)N1. The average molecular weight is 765 g/mol. The van der Waals surface area contributed by atoms with E-state index in [1.54, 1.807) is 0 Å². The molecule has 2 heterocycles. The predicted molar refractivity (Wildman–Crippen MR) is 208 cm³/mol. The molecule has 0 bridgehead atoms. The van der Waals surface area contributed by atoms with Crippen LogP contribution < -0.4 is 25.5 Å². The minimum atomic E-state index is -0.933. The number of hydroxylamine groups is 1. The Morgan fingerprint density at radius 1 is 1.02 bits per heavy atom. The molecule has 1 fully saturated rings. The van der Waals surface area contributed by atoms with Gasteiger partial charge < -0.3 is 25.0 Å². The van der Waals surface area contributed by atoms with E-state index < -0.39 is 35.3 Å². The van der Waals surface area contributed by atoms with Gasteiger partial charge in [-0.15, -0.1) is 5.17 Å². The summed E-state index contributed by atoms with van der Waals surface area (Å²) >= 11 is 0. The van der Waals surface area contributed by atoms with Gasteiger partial charge in [0.15, 0.2) is 0 Å². The Morgan fingerprint density at radius 2 is 1.73 bits per heavy atom. The third kappa shape index (κ3) is 9.55. The van der Waals surface area contributed by atoms with E-state index in [0.29, 0.717) is 55.0 Å². The summed E-state index contributed by atoms with van der Waals surface area (Å²) in [5.41, 5.74) is 7.30. The number of rotatable bonds is 17. The molecule has 4 N–H and O–H groups in total. The van der Waals surface area contributed by atoms with Gasteiger partial charge in [0.2, 0.25) is 5.91 Å². The fourth-order valence-corrected chi connectivity index (χ4v) is 6.64. The summed E-state index contributed by atoms with van der Waals surface area (Å²) in [5.74, 6) is -0.398. The number of allylic oxidation sites excluding steroid dienone is 2. The Kier molecular flexibility index (Phi) is 13.2. The maximum Gasteiger partial charge on any atom is 0.411 e. The third-order valence-corrected chi connectivity index (χ3v) is 9.74. The molecular formula is C42H48N6O8. The maximum absolute atomic E-state index is 13.2. The van der Waals surface area contributed by atoms with Crippen LogP contribution in [0.1, 0.15) is 95.8 Å². The van der Waals surface area contributed by atoms with Gasteiger partial charge in [0.1, 0.15) is 23.6 Å². The highest BCUT2D eigenvalue weighted by Gasteiger charge is 2.44. The van der Waals surface area contributed by atoms with Crippen LogP contribution in [-0.4, -0.2) is 72.0 Å². The summed E-state index contributed by atoms with van der Waals surface area (Å²) in [4.78, 5) is 52.2. The van der Waals surface area contributed by atoms with E-state index in [1.165, 1.54) is 25.2 Å². The Balaban J connectivity index is 1.12. The number of ether oxygens (including phenoxy) is 3. The lowest BCUT2D eigenvalue weighted by atomic mass is 9.77. The van der Waals surface area contributed by atoms with E-state index in [2.05, 4.69) is 55.2 Å². The molecule has 14 nitrogen and oxygen atoms in total. The average Bonchev–Trinajstić information content (AvgIpc) is 3.40. The molecule has 0 saturated carbocycles. The first kappa shape index (κ1) is 41.0. The Bertz CT molecular complexity index is 2050. The third-order valence-electron chi connectivity index (χ3n) is 9.74. The van der Waals surface area contributed by atoms with Crippen LogP contribution in [0.4, 0.5) is 10.5 Å². The van der Waals surface area contributed by atoms with Crippen LogP contribution in [0.25, 0.3) is 0 Å². The Labute approximate surface area is 326 Å². The van der Waals surface area contributed by atoms with E-state index in [9.17, 15) is 29.6 Å². The number of nitrogens with one attached hydrogen (secondary N) is 3. The number of imide groups is 1. The molecule has 0 aromatic heterocycles. The van der Waals surface area contributed by atoms with Crippen molar-refractivity contribution >= 4 is 29.5 Å². The van der Waals surface area contributed by atoms with Gasteiger partial charge in [-0.05, 0) is 85.2 Å². The van der Waals surface area contributed by atoms with Gasteiger partial charge in [0.05, 0.1) is 36.5 Å². The number of nitrogens with zero attached hydrogens (tertiary/aromatic N) is 3. The van der Waals surface area contributed by atoms with Crippen molar-refractivity contribution in [2.75, 3.05) is 32.2 Å². The molecule has 294 valence electrons. The number of benzene rings is 3. The number of carbonyl (C=O) groups is 4. The van der Waals surface area contributed by atoms with Gasteiger partial charge in [-0.1, -0.05) is 52.1 Å². The summed E-state index contributed by atoms with van der Waals surface area (Å²) in [6.07, 6.45) is 2.34. The normalized spacial score (nSPS) is 15.2. The van der Waals surface area contributed by atoms with Gasteiger partial charge in [0.25, 0.3) is 11.8 Å². The Hall–Kier alpha value is -6.17. The fraction of sp³-hybridized carbons (Fsp3) is 0.357. The molecular weight excluding hydrogens is 716 g/mol. The number of fused-ring (bicyclic) bond motifs is 1. The number of amides is 4. The highest BCUT2D eigenvalue weighted by molar-refractivity contribution is 6.23. The summed E-state index contributed by atoms with van der Waals surface area (Å²) in [5, 5.41) is 25.4. The van der Waals surface area contributed by atoms with Crippen molar-refractivity contribution in [1.82, 2.24) is 20.8 Å². The van der Waals surface area contributed by atoms with Crippen LogP contribution in [0.3, 0.4) is 0 Å². The second-order valence-electron chi connectivity index (χ2n) is 14.2. The largest absolute Gasteiger partial charge is 0.494 e. The van der Waals surface area contributed by atoms with Gasteiger partial charge in [-0.3, -0.25) is 29.8 Å². The van der Waals surface area contributed by atoms with E-state index >= 15 is 0 Å². The lowest BCUT2D eigenvalue weighted by Gasteiger charge is -2.29. The minimum Gasteiger partial charge on any atom is -0.494 e. The summed E-state index contributed by atoms with van der Waals surface area (Å²) < 4.78 is 17.3. The monoisotopic (exact) mass is 764 g/mol. The second kappa shape index (κ2) is 18.0. The molecule has 1 atom stereocenters. The van der Waals surface area contributed by atoms with Crippen LogP contribution in [-0.2, 0) is 21.4 Å². The van der Waals surface area contributed by atoms with Crippen LogP contribution in [0.15, 0.2) is 79.1 Å². The number of hydrogen-bond donors (Lipinski definition) is 4. The molecule has 0 aliphatic carbocycles. The summed E-state index contributed by atoms with van der Waals surface area (Å²) in [6.45, 7) is 14.5. The lowest BCUT2D eigenvalue weighted by molar-refractivity contribution is -0.125. The highest BCUT2D eigenvalue weighted by Crippen LogP contribution is 2.37. The van der Waals surface area contributed by atoms with Crippen molar-refractivity contribution in [2.24, 2.45) is 0 Å². The quantitative estimate of drug-likeness (QED) is 0.0683. The second-order valence-corrected chi connectivity index (χ2v) is 14.2. The smallest absolute Gasteiger partial charge is 0.411 e. The number of piperidine rings is 1. The van der Waals surface area contributed by atoms with E-state index in [-0.39, 0.29) is 36.4 Å². The number of carbonyl (C=O) groups excluding carboxylic acids is 4. The predicted octanol–water partition coefficient (Wildman–Crippen LogP) is 6.35. The first-order valence-corrected chi connectivity index (χ1v) is 18.5. The van der Waals surface area contributed by atoms with Crippen molar-refractivity contribution in [1.29, 1.82) is 5.26 Å². The van der Waals surface area contributed by atoms with E-state index in [1.807, 2.05) is 37.3 Å². The molecule has 3 aromatic rings. The number of aryl methyl sites for hydroxylation is 1. The highest BCUT2D eigenvalue weighted by atomic mass is 16.6. The maximum atomic E-state index is 13.2. The molecule has 0 radical (unpaired) electrons. The Morgan fingerprint density at radius 3 is 2.41 bits per heavy atom. The van der Waals surface area contributed by atoms with E-state index in [4.69, 9.17) is 14.2 Å². The van der Waals surface area contributed by atoms with Crippen LogP contribution >= 0.6 is 0 Å². The van der Waals surface area contributed by atoms with Crippen molar-refractivity contribution in [3.05, 3.63) is 113 Å². The minimum absolute atomic E-state index is 0.0199. The molecule has 1 unspecified atom stereocenters. The zero-order valence-electron chi connectivity index (χ0n) is 32.2. The van der Waals surface area contributed by atoms with Crippen molar-refractivity contribution in [3.63, 3.8) is 0 Å². The van der Waals surface area contributed by atoms with Gasteiger partial charge in [0, 0.05) is 36.0 Å². The topological polar surface area (TPSA) is 183 Å². The fourth-order valence-electron chi connectivity index (χ4n) is 6.64. The number of hydrazine groups is 1. The van der Waals surface area contributed by atoms with Gasteiger partial charge in [-0.2, -0.15) is 5.26 Å². The van der Waals surface area contributed by atoms with Crippen molar-refractivity contribution in [2.45, 2.75) is 70.8 Å². The lowest BCUT2D eigenvalue weighted by Crippen LogP contribution is -2.51. The molecule has 4 amide bonds. The van der Waals surface area contributed by atoms with Crippen LogP contribution in [0, 0.1) is 11.3 Å². The number of hydrogen-bond acceptors (Lipinski definition) is 11. The van der Waals surface area contributed by atoms with Crippen molar-refractivity contribution < 1.29 is 38.6 Å². The standard InChI is InChI=1S/C42H48N6O8/c1-7-28-22-31(42(4,5)30-12-15-33(16-13-30)54-19-8-10-27(3)46-47(6)53)23-29(25-43)37(28)55-20-9-21-56-41(52)45-32-14-17-34-35(24-32)40(51)48(39(34)50)36-18-11-26(2)44-38(36)49/h12-17,22-24,36,46,53H,2-3,7-11,18-21H2,1,4-6H3,(H,44,49)(H,45,52). The molecule has 2 aliphatic heterocycles. The van der Waals surface area contributed by atoms with Crippen LogP contribution in [0.2, 0.25) is 0 Å². The number of anilines is 1. The first-order chi connectivity index (χ1) is 26.7. The molecule has 3 aromatic carbocycles. The molecule has 0 spiro atoms. The summed E-state index contributed by atoms with van der Waals surface area (Å²) in [6, 6.07) is 17.5. The van der Waals surface area contributed by atoms with Gasteiger partial charge >= 0.3 is 6.09 Å². The van der Waals surface area contributed by atoms with Crippen molar-refractivity contribution in [3.8, 4) is 17.6 Å². The molecule has 1 saturated heterocycles. The zero-order chi connectivity index (χ0) is 40.6. The van der Waals surface area contributed by atoms with Crippen LogP contribution in [0.5, 0.6) is 11.5 Å². The molecule has 56 heavy (non-hydrogen) atoms.